The standard InChI is InChI=1S/C8H10N4O5S.C4H11N3O6S/c1-10-6-3-11-4-7(5(6)2-9-10)12(8(11)13)17-18(14,15)16;1-5-3-6-12-2-4(8)7-13-14(9,10)11/h2,7H,3-4H2,1H3,(H,14,15,16);3,9-11H,2H2,1H3,(H,5,6)(H,7,8)/t7-;/m0./s1. The lowest BCUT2D eigenvalue weighted by molar-refractivity contribution is -0.134. The number of aromatic nitrogens is 2. The van der Waals surface area contributed by atoms with Crippen molar-refractivity contribution < 1.29 is 49.6 Å². The first kappa shape index (κ1) is 25.7. The minimum atomic E-state index is -4.72. The minimum Gasteiger partial charge on any atom is -0.314 e. The van der Waals surface area contributed by atoms with Crippen molar-refractivity contribution in [1.82, 2.24) is 30.7 Å². The quantitative estimate of drug-likeness (QED) is 0.0804. The van der Waals surface area contributed by atoms with E-state index < -0.39 is 46.1 Å². The predicted molar refractivity (Wildman–Crippen MR) is 104 cm³/mol. The van der Waals surface area contributed by atoms with Crippen molar-refractivity contribution >= 4 is 39.8 Å². The largest absolute Gasteiger partial charge is 0.418 e. The number of amides is 3. The Hall–Kier alpha value is -2.56. The Morgan fingerprint density at radius 1 is 1.38 bits per heavy atom. The summed E-state index contributed by atoms with van der Waals surface area (Å²) in [5.74, 6) is -0.823. The van der Waals surface area contributed by atoms with E-state index in [0.717, 1.165) is 11.3 Å². The van der Waals surface area contributed by atoms with Crippen LogP contribution < -0.4 is 11.0 Å². The van der Waals surface area contributed by atoms with Gasteiger partial charge in [0, 0.05) is 19.7 Å². The van der Waals surface area contributed by atoms with Gasteiger partial charge in [0.2, 0.25) is 11.2 Å². The molecule has 0 aromatic carbocycles. The van der Waals surface area contributed by atoms with Crippen LogP contribution in [0, 0.1) is 0 Å². The van der Waals surface area contributed by atoms with E-state index in [4.69, 9.17) is 18.2 Å². The van der Waals surface area contributed by atoms with Crippen LogP contribution in [0.15, 0.2) is 11.2 Å². The summed E-state index contributed by atoms with van der Waals surface area (Å²) in [7, 11) is -1.50. The van der Waals surface area contributed by atoms with Crippen molar-refractivity contribution in [1.29, 1.82) is 0 Å². The number of carbonyl (C=O) groups is 2. The van der Waals surface area contributed by atoms with Crippen LogP contribution in [0.3, 0.4) is 0 Å². The average molecular weight is 503 g/mol. The molecule has 2 aliphatic rings. The number of hydroxylamine groups is 4. The van der Waals surface area contributed by atoms with E-state index in [9.17, 15) is 18.0 Å². The van der Waals surface area contributed by atoms with Crippen LogP contribution in [0.2, 0.25) is 0 Å². The van der Waals surface area contributed by atoms with E-state index in [0.29, 0.717) is 18.2 Å². The number of hydrogen-bond donors (Lipinski definition) is 6. The molecule has 1 saturated heterocycles. The molecule has 2 bridgehead atoms. The summed E-state index contributed by atoms with van der Waals surface area (Å²) in [5.41, 5.74) is 5.26. The molecule has 182 valence electrons. The molecule has 3 heterocycles. The molecule has 0 radical (unpaired) electrons. The van der Waals surface area contributed by atoms with E-state index >= 15 is 0 Å². The third-order valence-corrected chi connectivity index (χ3v) is 4.50. The molecule has 0 spiro atoms. The predicted octanol–water partition coefficient (Wildman–Crippen LogP) is -1.20. The van der Waals surface area contributed by atoms with Gasteiger partial charge in [-0.1, -0.05) is 0 Å². The molecular formula is C12H21N7O11S2. The maximum absolute atomic E-state index is 11.9. The monoisotopic (exact) mass is 503 g/mol. The fraction of sp³-hybridized carbons (Fsp3) is 0.500. The van der Waals surface area contributed by atoms with Gasteiger partial charge in [0.1, 0.15) is 12.4 Å². The van der Waals surface area contributed by atoms with Gasteiger partial charge in [-0.25, -0.2) is 10.3 Å². The average Bonchev–Trinajstić information content (AvgIpc) is 3.17. The van der Waals surface area contributed by atoms with E-state index in [1.54, 1.807) is 17.9 Å². The molecule has 0 unspecified atom stereocenters. The van der Waals surface area contributed by atoms with Gasteiger partial charge in [-0.2, -0.15) is 22.9 Å². The zero-order valence-corrected chi connectivity index (χ0v) is 18.2. The highest BCUT2D eigenvalue weighted by Crippen LogP contribution is 2.37. The van der Waals surface area contributed by atoms with Crippen molar-refractivity contribution in [2.45, 2.75) is 12.6 Å². The summed E-state index contributed by atoms with van der Waals surface area (Å²) < 4.78 is 64.6. The second kappa shape index (κ2) is 10.4. The second-order valence-electron chi connectivity index (χ2n) is 6.05. The highest BCUT2D eigenvalue weighted by atomic mass is 32.3. The molecule has 1 atom stereocenters. The molecule has 0 aliphatic carbocycles. The second-order valence-corrected chi connectivity index (χ2v) is 8.16. The fourth-order valence-electron chi connectivity index (χ4n) is 2.64. The van der Waals surface area contributed by atoms with Crippen molar-refractivity contribution in [3.63, 3.8) is 0 Å². The highest BCUT2D eigenvalue weighted by molar-refractivity contribution is 8.15. The Morgan fingerprint density at radius 2 is 2.06 bits per heavy atom. The first-order valence-corrected chi connectivity index (χ1v) is 11.1. The summed E-state index contributed by atoms with van der Waals surface area (Å²) in [4.78, 5) is 31.9. The molecule has 2 aliphatic heterocycles. The van der Waals surface area contributed by atoms with Gasteiger partial charge < -0.3 is 4.90 Å². The van der Waals surface area contributed by atoms with Crippen molar-refractivity contribution in [2.24, 2.45) is 12.0 Å². The van der Waals surface area contributed by atoms with Gasteiger partial charge >= 0.3 is 16.4 Å². The molecule has 1 aromatic heterocycles. The highest BCUT2D eigenvalue weighted by Gasteiger charge is 2.47. The Morgan fingerprint density at radius 3 is 2.66 bits per heavy atom. The molecule has 0 saturated carbocycles. The number of aryl methyl sites for hydroxylation is 1. The molecule has 6 N–H and O–H groups in total. The fourth-order valence-corrected chi connectivity index (χ4v) is 3.21. The van der Waals surface area contributed by atoms with Crippen LogP contribution in [0.25, 0.3) is 0 Å². The summed E-state index contributed by atoms with van der Waals surface area (Å²) in [6.07, 6.45) is 2.75. The Labute approximate surface area is 182 Å². The number of carbonyl (C=O) groups excluding carboxylic acids is 2. The van der Waals surface area contributed by atoms with Crippen LogP contribution in [0.5, 0.6) is 0 Å². The number of urea groups is 1. The third kappa shape index (κ3) is 7.25. The summed E-state index contributed by atoms with van der Waals surface area (Å²) >= 11 is -4.19. The lowest BCUT2D eigenvalue weighted by atomic mass is 10.1. The van der Waals surface area contributed by atoms with Gasteiger partial charge in [-0.05, 0) is 0 Å². The Kier molecular flexibility index (Phi) is 8.33. The zero-order chi connectivity index (χ0) is 24.1. The number of rotatable bonds is 8. The first-order chi connectivity index (χ1) is 14.8. The molecule has 1 fully saturated rings. The van der Waals surface area contributed by atoms with Crippen molar-refractivity contribution in [3.05, 3.63) is 17.5 Å². The summed E-state index contributed by atoms with van der Waals surface area (Å²) in [5, 5.41) is 4.73. The third-order valence-electron chi connectivity index (χ3n) is 3.84. The van der Waals surface area contributed by atoms with Crippen LogP contribution in [0.1, 0.15) is 17.3 Å². The Bertz CT molecular complexity index is 961. The van der Waals surface area contributed by atoms with Crippen molar-refractivity contribution in [3.8, 4) is 0 Å². The van der Waals surface area contributed by atoms with E-state index in [1.807, 2.05) is 0 Å². The Balaban J connectivity index is 0.000000237. The van der Waals surface area contributed by atoms with Crippen LogP contribution in [-0.2, 0) is 42.2 Å². The lowest BCUT2D eigenvalue weighted by Crippen LogP contribution is -2.32. The van der Waals surface area contributed by atoms with Gasteiger partial charge in [0.25, 0.3) is 5.91 Å². The molecule has 1 aromatic rings. The van der Waals surface area contributed by atoms with Gasteiger partial charge in [0.05, 0.1) is 25.0 Å². The minimum absolute atomic E-state index is 0.313. The van der Waals surface area contributed by atoms with E-state index in [2.05, 4.69) is 29.0 Å². The molecule has 32 heavy (non-hydrogen) atoms. The molecule has 18 nitrogen and oxygen atoms in total. The van der Waals surface area contributed by atoms with Gasteiger partial charge in [0.15, 0.2) is 6.61 Å². The van der Waals surface area contributed by atoms with E-state index in [1.165, 1.54) is 23.8 Å². The molecule has 3 amide bonds. The molecular weight excluding hydrogens is 482 g/mol. The summed E-state index contributed by atoms with van der Waals surface area (Å²) in [6, 6.07) is -1.16. The first-order valence-electron chi connectivity index (χ1n) is 8.34. The normalized spacial score (nSPS) is 18.3. The maximum Gasteiger partial charge on any atom is 0.418 e. The number of fused-ring (bicyclic) bond motifs is 4. The van der Waals surface area contributed by atoms with Crippen LogP contribution >= 0.6 is 11.2 Å². The smallest absolute Gasteiger partial charge is 0.314 e. The SMILES string of the molecule is CN=CNOCC(=O)NOS(O)(O)O.Cn1ncc2c1CN1C[C@@H]2N(OS(=O)(=O)O)C1=O. The van der Waals surface area contributed by atoms with Crippen molar-refractivity contribution in [2.75, 3.05) is 20.2 Å². The van der Waals surface area contributed by atoms with E-state index in [-0.39, 0.29) is 0 Å². The van der Waals surface area contributed by atoms with Gasteiger partial charge in [-0.3, -0.25) is 43.0 Å². The molecule has 3 rings (SSSR count). The maximum atomic E-state index is 11.9. The number of nitrogens with one attached hydrogen (secondary N) is 2. The zero-order valence-electron chi connectivity index (χ0n) is 16.6. The number of hydrogen-bond acceptors (Lipinski definition) is 12. The lowest BCUT2D eigenvalue weighted by Gasteiger charge is -2.21. The van der Waals surface area contributed by atoms with Crippen LogP contribution in [0.4, 0.5) is 4.79 Å². The number of aliphatic imine (C=N–C) groups is 1. The topological polar surface area (TPSA) is 238 Å². The van der Waals surface area contributed by atoms with Crippen LogP contribution in [-0.4, -0.2) is 84.8 Å². The number of nitrogens with zero attached hydrogens (tertiary/aromatic N) is 5. The molecule has 20 heteroatoms. The summed E-state index contributed by atoms with van der Waals surface area (Å²) in [6.45, 7) is 0.196. The van der Waals surface area contributed by atoms with Gasteiger partial charge in [-0.15, -0.1) is 4.28 Å².